The number of hydrogen-bond acceptors (Lipinski definition) is 4. The highest BCUT2D eigenvalue weighted by molar-refractivity contribution is 5.44. The molecule has 0 saturated carbocycles. The zero-order chi connectivity index (χ0) is 13.8. The van der Waals surface area contributed by atoms with Crippen molar-refractivity contribution in [1.82, 2.24) is 10.2 Å². The Hall–Kier alpha value is -1.26. The summed E-state index contributed by atoms with van der Waals surface area (Å²) in [6.45, 7) is 8.28. The average molecular weight is 276 g/mol. The predicted molar refractivity (Wildman–Crippen MR) is 79.1 cm³/mol. The molecule has 1 atom stereocenters. The van der Waals surface area contributed by atoms with Gasteiger partial charge in [0.2, 0.25) is 6.79 Å². The lowest BCUT2D eigenvalue weighted by Crippen LogP contribution is -2.26. The highest BCUT2D eigenvalue weighted by Crippen LogP contribution is 2.33. The van der Waals surface area contributed by atoms with E-state index in [2.05, 4.69) is 29.3 Å². The number of benzene rings is 1. The normalized spacial score (nSPS) is 21.6. The number of fused-ring (bicyclic) bond motifs is 1. The summed E-state index contributed by atoms with van der Waals surface area (Å²) in [5.74, 6) is 2.57. The Morgan fingerprint density at radius 2 is 2.20 bits per heavy atom. The van der Waals surface area contributed by atoms with E-state index in [0.29, 0.717) is 6.79 Å². The standard InChI is InChI=1S/C16H24N2O2/c1-2-6-17-9-14-5-7-18(11-14)10-13-3-4-15-16(8-13)20-12-19-15/h3-4,8,14,17H,2,5-7,9-12H2,1H3. The second-order valence-electron chi connectivity index (χ2n) is 5.78. The summed E-state index contributed by atoms with van der Waals surface area (Å²) in [7, 11) is 0. The predicted octanol–water partition coefficient (Wildman–Crippen LogP) is 2.24. The molecule has 4 heteroatoms. The van der Waals surface area contributed by atoms with Gasteiger partial charge < -0.3 is 14.8 Å². The van der Waals surface area contributed by atoms with Gasteiger partial charge in [-0.3, -0.25) is 4.90 Å². The van der Waals surface area contributed by atoms with Gasteiger partial charge in [0.15, 0.2) is 11.5 Å². The fraction of sp³-hybridized carbons (Fsp3) is 0.625. The van der Waals surface area contributed by atoms with Gasteiger partial charge in [0, 0.05) is 13.1 Å². The molecule has 110 valence electrons. The van der Waals surface area contributed by atoms with E-state index in [1.807, 2.05) is 6.07 Å². The molecule has 3 rings (SSSR count). The quantitative estimate of drug-likeness (QED) is 0.808. The third-order valence-electron chi connectivity index (χ3n) is 4.07. The maximum Gasteiger partial charge on any atom is 0.231 e. The third kappa shape index (κ3) is 3.25. The van der Waals surface area contributed by atoms with Gasteiger partial charge in [0.1, 0.15) is 0 Å². The molecule has 2 heterocycles. The molecule has 0 bridgehead atoms. The number of hydrogen-bond donors (Lipinski definition) is 1. The number of nitrogens with one attached hydrogen (secondary N) is 1. The third-order valence-corrected chi connectivity index (χ3v) is 4.07. The molecule has 0 aliphatic carbocycles. The van der Waals surface area contributed by atoms with Crippen LogP contribution in [-0.4, -0.2) is 37.9 Å². The molecule has 1 N–H and O–H groups in total. The first-order chi connectivity index (χ1) is 9.85. The van der Waals surface area contributed by atoms with Gasteiger partial charge in [0.05, 0.1) is 0 Å². The molecule has 1 saturated heterocycles. The maximum atomic E-state index is 5.44. The van der Waals surface area contributed by atoms with Gasteiger partial charge in [-0.15, -0.1) is 0 Å². The van der Waals surface area contributed by atoms with Crippen molar-refractivity contribution in [2.45, 2.75) is 26.3 Å². The highest BCUT2D eigenvalue weighted by atomic mass is 16.7. The Bertz CT molecular complexity index is 450. The minimum Gasteiger partial charge on any atom is -0.454 e. The van der Waals surface area contributed by atoms with E-state index in [1.165, 1.54) is 31.5 Å². The van der Waals surface area contributed by atoms with E-state index in [-0.39, 0.29) is 0 Å². The molecule has 4 nitrogen and oxygen atoms in total. The van der Waals surface area contributed by atoms with Crippen molar-refractivity contribution in [3.63, 3.8) is 0 Å². The maximum absolute atomic E-state index is 5.44. The molecular formula is C16H24N2O2. The average Bonchev–Trinajstić information content (AvgIpc) is 3.08. The van der Waals surface area contributed by atoms with Crippen LogP contribution in [0, 0.1) is 5.92 Å². The fourth-order valence-corrected chi connectivity index (χ4v) is 3.00. The van der Waals surface area contributed by atoms with Crippen LogP contribution < -0.4 is 14.8 Å². The molecule has 0 radical (unpaired) electrons. The van der Waals surface area contributed by atoms with E-state index in [1.54, 1.807) is 0 Å². The summed E-state index contributed by atoms with van der Waals surface area (Å²) < 4.78 is 10.8. The van der Waals surface area contributed by atoms with Crippen LogP contribution in [0.15, 0.2) is 18.2 Å². The van der Waals surface area contributed by atoms with Gasteiger partial charge in [-0.05, 0) is 56.1 Å². The summed E-state index contributed by atoms with van der Waals surface area (Å²) in [4.78, 5) is 2.54. The molecule has 0 amide bonds. The summed E-state index contributed by atoms with van der Waals surface area (Å²) in [5, 5.41) is 3.53. The van der Waals surface area contributed by atoms with Crippen molar-refractivity contribution in [2.24, 2.45) is 5.92 Å². The van der Waals surface area contributed by atoms with Crippen LogP contribution in [0.3, 0.4) is 0 Å². The van der Waals surface area contributed by atoms with E-state index in [0.717, 1.165) is 37.1 Å². The molecule has 2 aliphatic rings. The minimum absolute atomic E-state index is 0.355. The van der Waals surface area contributed by atoms with Crippen molar-refractivity contribution in [2.75, 3.05) is 33.0 Å². The highest BCUT2D eigenvalue weighted by Gasteiger charge is 2.22. The number of nitrogens with zero attached hydrogens (tertiary/aromatic N) is 1. The van der Waals surface area contributed by atoms with Gasteiger partial charge in [-0.25, -0.2) is 0 Å². The molecule has 0 aromatic heterocycles. The van der Waals surface area contributed by atoms with Crippen molar-refractivity contribution >= 4 is 0 Å². The zero-order valence-electron chi connectivity index (χ0n) is 12.2. The Balaban J connectivity index is 1.49. The number of ether oxygens (including phenoxy) is 2. The lowest BCUT2D eigenvalue weighted by Gasteiger charge is -2.16. The van der Waals surface area contributed by atoms with E-state index >= 15 is 0 Å². The molecule has 2 aliphatic heterocycles. The second kappa shape index (κ2) is 6.46. The van der Waals surface area contributed by atoms with Crippen LogP contribution in [-0.2, 0) is 6.54 Å². The topological polar surface area (TPSA) is 33.7 Å². The molecular weight excluding hydrogens is 252 g/mol. The lowest BCUT2D eigenvalue weighted by molar-refractivity contribution is 0.174. The Morgan fingerprint density at radius 1 is 1.30 bits per heavy atom. The van der Waals surface area contributed by atoms with Crippen molar-refractivity contribution in [1.29, 1.82) is 0 Å². The summed E-state index contributed by atoms with van der Waals surface area (Å²) >= 11 is 0. The Morgan fingerprint density at radius 3 is 3.10 bits per heavy atom. The lowest BCUT2D eigenvalue weighted by atomic mass is 10.1. The first-order valence-electron chi connectivity index (χ1n) is 7.66. The van der Waals surface area contributed by atoms with E-state index < -0.39 is 0 Å². The van der Waals surface area contributed by atoms with Gasteiger partial charge >= 0.3 is 0 Å². The van der Waals surface area contributed by atoms with Crippen LogP contribution in [0.5, 0.6) is 11.5 Å². The van der Waals surface area contributed by atoms with Crippen LogP contribution >= 0.6 is 0 Å². The number of rotatable bonds is 6. The smallest absolute Gasteiger partial charge is 0.231 e. The minimum atomic E-state index is 0.355. The SMILES string of the molecule is CCCNCC1CCN(Cc2ccc3c(c2)OCO3)C1. The largest absolute Gasteiger partial charge is 0.454 e. The van der Waals surface area contributed by atoms with Gasteiger partial charge in [-0.1, -0.05) is 13.0 Å². The monoisotopic (exact) mass is 276 g/mol. The van der Waals surface area contributed by atoms with Crippen LogP contribution in [0.1, 0.15) is 25.3 Å². The van der Waals surface area contributed by atoms with Crippen LogP contribution in [0.4, 0.5) is 0 Å². The zero-order valence-corrected chi connectivity index (χ0v) is 12.2. The molecule has 1 aromatic rings. The Kier molecular flexibility index (Phi) is 4.43. The van der Waals surface area contributed by atoms with Crippen molar-refractivity contribution < 1.29 is 9.47 Å². The van der Waals surface area contributed by atoms with Gasteiger partial charge in [-0.2, -0.15) is 0 Å². The van der Waals surface area contributed by atoms with Crippen LogP contribution in [0.25, 0.3) is 0 Å². The van der Waals surface area contributed by atoms with Crippen molar-refractivity contribution in [3.05, 3.63) is 23.8 Å². The van der Waals surface area contributed by atoms with Crippen LogP contribution in [0.2, 0.25) is 0 Å². The molecule has 1 unspecified atom stereocenters. The molecule has 0 spiro atoms. The fourth-order valence-electron chi connectivity index (χ4n) is 3.00. The molecule has 1 fully saturated rings. The first kappa shape index (κ1) is 13.7. The van der Waals surface area contributed by atoms with Gasteiger partial charge in [0.25, 0.3) is 0 Å². The van der Waals surface area contributed by atoms with E-state index in [9.17, 15) is 0 Å². The number of likely N-dealkylation sites (tertiary alicyclic amines) is 1. The van der Waals surface area contributed by atoms with E-state index in [4.69, 9.17) is 9.47 Å². The second-order valence-corrected chi connectivity index (χ2v) is 5.78. The molecule has 20 heavy (non-hydrogen) atoms. The Labute approximate surface area is 121 Å². The first-order valence-corrected chi connectivity index (χ1v) is 7.66. The summed E-state index contributed by atoms with van der Waals surface area (Å²) in [5.41, 5.74) is 1.32. The summed E-state index contributed by atoms with van der Waals surface area (Å²) in [6, 6.07) is 6.29. The van der Waals surface area contributed by atoms with Crippen molar-refractivity contribution in [3.8, 4) is 11.5 Å². The molecule has 1 aromatic carbocycles. The summed E-state index contributed by atoms with van der Waals surface area (Å²) in [6.07, 6.45) is 2.52.